The third-order valence-corrected chi connectivity index (χ3v) is 3.06. The molecule has 7 heteroatoms. The smallest absolute Gasteiger partial charge is 0.411 e. The Morgan fingerprint density at radius 2 is 1.38 bits per heavy atom. The molecule has 0 aliphatic rings. The molecule has 2 aromatic rings. The number of methoxy groups -OCH3 is 1. The molecule has 0 radical (unpaired) electrons. The highest BCUT2D eigenvalue weighted by Gasteiger charge is 2.07. The Morgan fingerprint density at radius 3 is 1.79 bits per heavy atom. The van der Waals surface area contributed by atoms with Crippen molar-refractivity contribution in [3.05, 3.63) is 48.5 Å². The third kappa shape index (κ3) is 4.99. The molecule has 0 bridgehead atoms. The van der Waals surface area contributed by atoms with Gasteiger partial charge in [-0.05, 0) is 55.5 Å². The maximum absolute atomic E-state index is 11.5. The minimum atomic E-state index is -0.571. The van der Waals surface area contributed by atoms with Crippen molar-refractivity contribution in [2.75, 3.05) is 17.7 Å². The SMILES string of the molecule is COC(=O)Nc1ccc(Oc2ccc(NC(=O)C(C)N)cc2)cc1. The van der Waals surface area contributed by atoms with Crippen LogP contribution in [0, 0.1) is 0 Å². The number of amides is 2. The molecular formula is C17H19N3O4. The van der Waals surface area contributed by atoms with E-state index in [2.05, 4.69) is 15.4 Å². The number of ether oxygens (including phenoxy) is 2. The van der Waals surface area contributed by atoms with Crippen molar-refractivity contribution in [3.63, 3.8) is 0 Å². The topological polar surface area (TPSA) is 103 Å². The minimum absolute atomic E-state index is 0.252. The lowest BCUT2D eigenvalue weighted by Crippen LogP contribution is -2.32. The molecule has 0 spiro atoms. The van der Waals surface area contributed by atoms with E-state index in [1.165, 1.54) is 7.11 Å². The number of anilines is 2. The number of carbonyl (C=O) groups is 2. The van der Waals surface area contributed by atoms with Gasteiger partial charge in [0.05, 0.1) is 13.2 Å². The first-order valence-electron chi connectivity index (χ1n) is 7.27. The van der Waals surface area contributed by atoms with E-state index in [-0.39, 0.29) is 5.91 Å². The molecule has 0 aliphatic heterocycles. The highest BCUT2D eigenvalue weighted by atomic mass is 16.5. The molecule has 1 unspecified atom stereocenters. The predicted octanol–water partition coefficient (Wildman–Crippen LogP) is 2.94. The zero-order valence-corrected chi connectivity index (χ0v) is 13.4. The third-order valence-electron chi connectivity index (χ3n) is 3.06. The van der Waals surface area contributed by atoms with E-state index < -0.39 is 12.1 Å². The largest absolute Gasteiger partial charge is 0.457 e. The average Bonchev–Trinajstić information content (AvgIpc) is 2.58. The first-order chi connectivity index (χ1) is 11.5. The molecule has 2 rings (SSSR count). The Balaban J connectivity index is 1.96. The second-order valence-corrected chi connectivity index (χ2v) is 5.05. The standard InChI is InChI=1S/C17H19N3O4/c1-11(18)16(21)19-12-3-7-14(8-4-12)24-15-9-5-13(6-10-15)20-17(22)23-2/h3-11H,18H2,1-2H3,(H,19,21)(H,20,22). The second-order valence-electron chi connectivity index (χ2n) is 5.05. The Morgan fingerprint density at radius 1 is 0.917 bits per heavy atom. The summed E-state index contributed by atoms with van der Waals surface area (Å²) in [6.45, 7) is 1.62. The molecule has 4 N–H and O–H groups in total. The maximum Gasteiger partial charge on any atom is 0.411 e. The summed E-state index contributed by atoms with van der Waals surface area (Å²) >= 11 is 0. The number of nitrogens with one attached hydrogen (secondary N) is 2. The molecule has 0 saturated heterocycles. The fraction of sp³-hybridized carbons (Fsp3) is 0.176. The summed E-state index contributed by atoms with van der Waals surface area (Å²) in [6, 6.07) is 13.2. The molecular weight excluding hydrogens is 310 g/mol. The van der Waals surface area contributed by atoms with Gasteiger partial charge >= 0.3 is 6.09 Å². The van der Waals surface area contributed by atoms with Crippen LogP contribution in [0.5, 0.6) is 11.5 Å². The molecule has 2 aromatic carbocycles. The van der Waals surface area contributed by atoms with Gasteiger partial charge in [-0.25, -0.2) is 4.79 Å². The van der Waals surface area contributed by atoms with E-state index in [9.17, 15) is 9.59 Å². The van der Waals surface area contributed by atoms with E-state index in [1.807, 2.05) is 0 Å². The van der Waals surface area contributed by atoms with E-state index >= 15 is 0 Å². The summed E-state index contributed by atoms with van der Waals surface area (Å²) in [4.78, 5) is 22.6. The Bertz CT molecular complexity index is 697. The summed E-state index contributed by atoms with van der Waals surface area (Å²) in [5.41, 5.74) is 6.74. The number of nitrogens with two attached hydrogens (primary N) is 1. The normalized spacial score (nSPS) is 11.3. The van der Waals surface area contributed by atoms with Crippen molar-refractivity contribution in [2.24, 2.45) is 5.73 Å². The van der Waals surface area contributed by atoms with Gasteiger partial charge in [0.25, 0.3) is 0 Å². The van der Waals surface area contributed by atoms with Crippen LogP contribution in [0.3, 0.4) is 0 Å². The maximum atomic E-state index is 11.5. The van der Waals surface area contributed by atoms with Crippen LogP contribution in [0.25, 0.3) is 0 Å². The summed E-state index contributed by atoms with van der Waals surface area (Å²) < 4.78 is 10.2. The van der Waals surface area contributed by atoms with E-state index in [4.69, 9.17) is 10.5 Å². The molecule has 0 heterocycles. The zero-order valence-electron chi connectivity index (χ0n) is 13.4. The van der Waals surface area contributed by atoms with Crippen molar-refractivity contribution in [1.82, 2.24) is 0 Å². The quantitative estimate of drug-likeness (QED) is 0.782. The van der Waals surface area contributed by atoms with Gasteiger partial charge in [-0.15, -0.1) is 0 Å². The van der Waals surface area contributed by atoms with Crippen molar-refractivity contribution in [2.45, 2.75) is 13.0 Å². The summed E-state index contributed by atoms with van der Waals surface area (Å²) in [6.07, 6.45) is -0.534. The van der Waals surface area contributed by atoms with Crippen LogP contribution in [-0.4, -0.2) is 25.2 Å². The van der Waals surface area contributed by atoms with Crippen LogP contribution >= 0.6 is 0 Å². The minimum Gasteiger partial charge on any atom is -0.457 e. The lowest BCUT2D eigenvalue weighted by atomic mass is 10.2. The van der Waals surface area contributed by atoms with Gasteiger partial charge in [-0.1, -0.05) is 0 Å². The van der Waals surface area contributed by atoms with Gasteiger partial charge in [0.15, 0.2) is 0 Å². The number of benzene rings is 2. The van der Waals surface area contributed by atoms with E-state index in [0.717, 1.165) is 0 Å². The van der Waals surface area contributed by atoms with Crippen LogP contribution in [-0.2, 0) is 9.53 Å². The van der Waals surface area contributed by atoms with Crippen LogP contribution in [0.15, 0.2) is 48.5 Å². The molecule has 126 valence electrons. The lowest BCUT2D eigenvalue weighted by molar-refractivity contribution is -0.117. The lowest BCUT2D eigenvalue weighted by Gasteiger charge is -2.10. The molecule has 0 aliphatic carbocycles. The fourth-order valence-corrected chi connectivity index (χ4v) is 1.77. The van der Waals surface area contributed by atoms with Gasteiger partial charge in [0, 0.05) is 11.4 Å². The summed E-state index contributed by atoms with van der Waals surface area (Å²) in [7, 11) is 1.30. The number of hydrogen-bond donors (Lipinski definition) is 3. The number of rotatable bonds is 5. The Hall–Kier alpha value is -3.06. The highest BCUT2D eigenvalue weighted by molar-refractivity contribution is 5.94. The van der Waals surface area contributed by atoms with Gasteiger partial charge < -0.3 is 20.5 Å². The Labute approximate surface area is 139 Å². The van der Waals surface area contributed by atoms with Crippen LogP contribution in [0.1, 0.15) is 6.92 Å². The summed E-state index contributed by atoms with van der Waals surface area (Å²) in [5.74, 6) is 0.970. The molecule has 0 fully saturated rings. The number of carbonyl (C=O) groups excluding carboxylic acids is 2. The Kier molecular flexibility index (Phi) is 5.75. The average molecular weight is 329 g/mol. The highest BCUT2D eigenvalue weighted by Crippen LogP contribution is 2.24. The first kappa shape index (κ1) is 17.3. The van der Waals surface area contributed by atoms with E-state index in [0.29, 0.717) is 22.9 Å². The molecule has 7 nitrogen and oxygen atoms in total. The molecule has 0 saturated carbocycles. The van der Waals surface area contributed by atoms with Crippen molar-refractivity contribution in [3.8, 4) is 11.5 Å². The van der Waals surface area contributed by atoms with Gasteiger partial charge in [0.1, 0.15) is 11.5 Å². The van der Waals surface area contributed by atoms with Crippen molar-refractivity contribution < 1.29 is 19.1 Å². The van der Waals surface area contributed by atoms with E-state index in [1.54, 1.807) is 55.5 Å². The van der Waals surface area contributed by atoms with Crippen molar-refractivity contribution >= 4 is 23.4 Å². The molecule has 0 aromatic heterocycles. The van der Waals surface area contributed by atoms with Gasteiger partial charge in [-0.3, -0.25) is 10.1 Å². The molecule has 1 atom stereocenters. The monoisotopic (exact) mass is 329 g/mol. The summed E-state index contributed by atoms with van der Waals surface area (Å²) in [5, 5.41) is 5.24. The van der Waals surface area contributed by atoms with Crippen LogP contribution in [0.2, 0.25) is 0 Å². The zero-order chi connectivity index (χ0) is 17.5. The van der Waals surface area contributed by atoms with Crippen LogP contribution < -0.4 is 21.1 Å². The molecule has 24 heavy (non-hydrogen) atoms. The predicted molar refractivity (Wildman–Crippen MR) is 91.3 cm³/mol. The second kappa shape index (κ2) is 7.98. The first-order valence-corrected chi connectivity index (χ1v) is 7.27. The van der Waals surface area contributed by atoms with Gasteiger partial charge in [0.2, 0.25) is 5.91 Å². The fourth-order valence-electron chi connectivity index (χ4n) is 1.77. The number of hydrogen-bond acceptors (Lipinski definition) is 5. The van der Waals surface area contributed by atoms with Crippen LogP contribution in [0.4, 0.5) is 16.2 Å². The molecule has 2 amide bonds. The van der Waals surface area contributed by atoms with Crippen molar-refractivity contribution in [1.29, 1.82) is 0 Å². The van der Waals surface area contributed by atoms with Gasteiger partial charge in [-0.2, -0.15) is 0 Å².